The number of carboxylic acids is 1. The second-order valence-corrected chi connectivity index (χ2v) is 22.5. The minimum atomic E-state index is -0.650. The summed E-state index contributed by atoms with van der Waals surface area (Å²) in [6, 6.07) is 0. The molecular formula is C50H81NO5. The second-order valence-electron chi connectivity index (χ2n) is 22.5. The van der Waals surface area contributed by atoms with E-state index in [-0.39, 0.29) is 18.1 Å². The Kier molecular flexibility index (Phi) is 12.2. The second kappa shape index (κ2) is 16.1. The van der Waals surface area contributed by atoms with Crippen molar-refractivity contribution >= 4 is 11.9 Å². The van der Waals surface area contributed by atoms with Crippen LogP contribution in [0.2, 0.25) is 0 Å². The first-order chi connectivity index (χ1) is 26.4. The molecule has 0 spiro atoms. The quantitative estimate of drug-likeness (QED) is 0.213. The lowest BCUT2D eigenvalue weighted by molar-refractivity contribution is -0.137. The number of rotatable bonds is 8. The molecule has 8 aliphatic rings. The van der Waals surface area contributed by atoms with E-state index in [0.717, 1.165) is 86.4 Å². The van der Waals surface area contributed by atoms with Crippen LogP contribution in [0.5, 0.6) is 0 Å². The van der Waals surface area contributed by atoms with E-state index in [9.17, 15) is 19.8 Å². The van der Waals surface area contributed by atoms with Crippen LogP contribution < -0.4 is 0 Å². The van der Waals surface area contributed by atoms with Crippen LogP contribution in [0.3, 0.4) is 0 Å². The van der Waals surface area contributed by atoms with Crippen LogP contribution in [0.25, 0.3) is 0 Å². The number of carbonyl (C=O) groups excluding carboxylic acids is 1. The first-order valence-corrected chi connectivity index (χ1v) is 23.6. The van der Waals surface area contributed by atoms with Crippen LogP contribution in [0.4, 0.5) is 0 Å². The Balaban J connectivity index is 0.000000172. The molecule has 16 atom stereocenters. The van der Waals surface area contributed by atoms with E-state index in [1.807, 2.05) is 14.1 Å². The number of hydrogen-bond acceptors (Lipinski definition) is 4. The summed E-state index contributed by atoms with van der Waals surface area (Å²) in [6.07, 6.45) is 27.0. The maximum atomic E-state index is 12.1. The molecule has 8 rings (SSSR count). The highest BCUT2D eigenvalue weighted by Gasteiger charge is 2.60. The summed E-state index contributed by atoms with van der Waals surface area (Å²) < 4.78 is 0. The number of hydrogen-bond donors (Lipinski definition) is 3. The SMILES string of the molecule is C[C@H](CCC(=O)N(C)C)[C@H]1CC[C@H]2[C@@H]3CC=C4C[C@@H](O)CC[C@]4(C)[C@H]3CC[C@]12C.C[C@H](CCC(=O)O)[C@H]1CC[C@H]2[C@@H]3CC=C4C[C@@H](O)CC[C@]4(C)[C@H]3CC[C@]12C. The number of amides is 1. The smallest absolute Gasteiger partial charge is 0.303 e. The predicted molar refractivity (Wildman–Crippen MR) is 226 cm³/mol. The maximum absolute atomic E-state index is 12.1. The van der Waals surface area contributed by atoms with Gasteiger partial charge in [-0.1, -0.05) is 64.8 Å². The number of fused-ring (bicyclic) bond motifs is 10. The fourth-order valence-corrected chi connectivity index (χ4v) is 16.6. The van der Waals surface area contributed by atoms with Crippen LogP contribution in [-0.4, -0.2) is 58.4 Å². The fourth-order valence-electron chi connectivity index (χ4n) is 16.6. The van der Waals surface area contributed by atoms with Gasteiger partial charge in [-0.2, -0.15) is 0 Å². The molecule has 0 aromatic rings. The molecule has 316 valence electrons. The summed E-state index contributed by atoms with van der Waals surface area (Å²) in [5.74, 6) is 7.12. The highest BCUT2D eigenvalue weighted by Crippen LogP contribution is 2.69. The summed E-state index contributed by atoms with van der Waals surface area (Å²) in [5.41, 5.74) is 4.63. The highest BCUT2D eigenvalue weighted by atomic mass is 16.4. The van der Waals surface area contributed by atoms with Crippen LogP contribution in [0.1, 0.15) is 170 Å². The van der Waals surface area contributed by atoms with Crippen molar-refractivity contribution in [2.75, 3.05) is 14.1 Å². The van der Waals surface area contributed by atoms with Crippen LogP contribution in [0, 0.1) is 80.8 Å². The number of aliphatic carboxylic acids is 1. The van der Waals surface area contributed by atoms with Crippen molar-refractivity contribution in [3.63, 3.8) is 0 Å². The molecule has 0 aliphatic heterocycles. The monoisotopic (exact) mass is 776 g/mol. The summed E-state index contributed by atoms with van der Waals surface area (Å²) in [5, 5.41) is 29.4. The highest BCUT2D eigenvalue weighted by molar-refractivity contribution is 5.75. The topological polar surface area (TPSA) is 98.1 Å². The molecule has 0 aromatic heterocycles. The molecule has 0 aromatic carbocycles. The minimum absolute atomic E-state index is 0.110. The number of aliphatic hydroxyl groups is 2. The third-order valence-electron chi connectivity index (χ3n) is 19.8. The molecule has 6 fully saturated rings. The van der Waals surface area contributed by atoms with E-state index >= 15 is 0 Å². The molecule has 0 unspecified atom stereocenters. The molecule has 1 amide bonds. The molecule has 56 heavy (non-hydrogen) atoms. The van der Waals surface area contributed by atoms with Gasteiger partial charge in [-0.3, -0.25) is 9.59 Å². The van der Waals surface area contributed by atoms with Gasteiger partial charge >= 0.3 is 5.97 Å². The largest absolute Gasteiger partial charge is 0.481 e. The normalized spacial score (nSPS) is 46.1. The average Bonchev–Trinajstić information content (AvgIpc) is 3.70. The standard InChI is InChI=1S/C26H43NO2.C24H38O3/c1-17(6-11-24(29)27(4)5)21-9-10-22-20-8-7-18-16-19(28)12-14-25(18,2)23(20)13-15-26(21,22)3;1-15(4-9-22(26)27)19-7-8-20-18-6-5-16-14-17(25)10-12-23(16,2)21(18)11-13-24(19,20)3/h7,17,19-23,28H,6,8-16H2,1-5H3;5,15,17-21,25H,4,6-14H2,1-3H3,(H,26,27)/t17-,19+,20+,21-,22+,23+,25+,26-;15-,17+,18+,19-,20+,21+,23+,24-/m11/s1. The third-order valence-corrected chi connectivity index (χ3v) is 19.8. The lowest BCUT2D eigenvalue weighted by Gasteiger charge is -2.58. The lowest BCUT2D eigenvalue weighted by Crippen LogP contribution is -2.50. The van der Waals surface area contributed by atoms with E-state index < -0.39 is 5.97 Å². The van der Waals surface area contributed by atoms with Crippen molar-refractivity contribution in [3.05, 3.63) is 23.3 Å². The van der Waals surface area contributed by atoms with Crippen molar-refractivity contribution in [1.82, 2.24) is 4.90 Å². The molecule has 0 bridgehead atoms. The van der Waals surface area contributed by atoms with Gasteiger partial charge in [-0.05, 0) is 196 Å². The van der Waals surface area contributed by atoms with Crippen molar-refractivity contribution < 1.29 is 24.9 Å². The Morgan fingerprint density at radius 2 is 1.07 bits per heavy atom. The summed E-state index contributed by atoms with van der Waals surface area (Å²) in [7, 11) is 3.74. The molecule has 0 heterocycles. The van der Waals surface area contributed by atoms with Crippen LogP contribution in [0.15, 0.2) is 23.3 Å². The van der Waals surface area contributed by atoms with Crippen LogP contribution in [-0.2, 0) is 9.59 Å². The number of carboxylic acid groups (broad SMARTS) is 1. The summed E-state index contributed by atoms with van der Waals surface area (Å²) >= 11 is 0. The maximum Gasteiger partial charge on any atom is 0.303 e. The molecule has 6 nitrogen and oxygen atoms in total. The van der Waals surface area contributed by atoms with Gasteiger partial charge in [0, 0.05) is 26.9 Å². The zero-order chi connectivity index (χ0) is 40.4. The molecule has 3 N–H and O–H groups in total. The molecule has 6 saturated carbocycles. The predicted octanol–water partition coefficient (Wildman–Crippen LogP) is 10.9. The van der Waals surface area contributed by atoms with E-state index in [1.54, 1.807) is 16.0 Å². The number of allylic oxidation sites excluding steroid dienone is 2. The summed E-state index contributed by atoms with van der Waals surface area (Å²) in [6.45, 7) is 14.9. The number of nitrogens with zero attached hydrogens (tertiary/aromatic N) is 1. The Hall–Kier alpha value is -1.66. The van der Waals surface area contributed by atoms with Crippen molar-refractivity contribution in [2.45, 2.75) is 182 Å². The zero-order valence-electron chi connectivity index (χ0n) is 36.8. The molecule has 6 heteroatoms. The first kappa shape index (κ1) is 42.5. The van der Waals surface area contributed by atoms with Crippen molar-refractivity contribution in [3.8, 4) is 0 Å². The Labute approximate surface area is 341 Å². The van der Waals surface area contributed by atoms with Gasteiger partial charge in [0.05, 0.1) is 12.2 Å². The van der Waals surface area contributed by atoms with Gasteiger partial charge in [-0.15, -0.1) is 0 Å². The average molecular weight is 776 g/mol. The van der Waals surface area contributed by atoms with E-state index in [0.29, 0.717) is 52.3 Å². The van der Waals surface area contributed by atoms with E-state index in [4.69, 9.17) is 5.11 Å². The van der Waals surface area contributed by atoms with Gasteiger partial charge in [0.15, 0.2) is 0 Å². The van der Waals surface area contributed by atoms with Gasteiger partial charge in [0.2, 0.25) is 5.91 Å². The van der Waals surface area contributed by atoms with Gasteiger partial charge in [0.1, 0.15) is 0 Å². The molecule has 8 aliphatic carbocycles. The number of aliphatic hydroxyl groups excluding tert-OH is 2. The van der Waals surface area contributed by atoms with Gasteiger partial charge < -0.3 is 20.2 Å². The molecular weight excluding hydrogens is 695 g/mol. The van der Waals surface area contributed by atoms with Crippen molar-refractivity contribution in [2.24, 2.45) is 80.8 Å². The van der Waals surface area contributed by atoms with Gasteiger partial charge in [-0.25, -0.2) is 0 Å². The van der Waals surface area contributed by atoms with Gasteiger partial charge in [0.25, 0.3) is 0 Å². The Morgan fingerprint density at radius 1 is 0.643 bits per heavy atom. The molecule has 0 radical (unpaired) electrons. The zero-order valence-corrected chi connectivity index (χ0v) is 36.8. The third kappa shape index (κ3) is 7.42. The minimum Gasteiger partial charge on any atom is -0.481 e. The van der Waals surface area contributed by atoms with E-state index in [2.05, 4.69) is 53.7 Å². The molecule has 0 saturated heterocycles. The first-order valence-electron chi connectivity index (χ1n) is 23.6. The van der Waals surface area contributed by atoms with E-state index in [1.165, 1.54) is 70.6 Å². The Morgan fingerprint density at radius 3 is 1.48 bits per heavy atom. The lowest BCUT2D eigenvalue weighted by atomic mass is 9.47. The number of carbonyl (C=O) groups is 2. The summed E-state index contributed by atoms with van der Waals surface area (Å²) in [4.78, 5) is 24.9. The Bertz CT molecular complexity index is 1520. The van der Waals surface area contributed by atoms with Crippen LogP contribution >= 0.6 is 0 Å². The fraction of sp³-hybridized carbons (Fsp3) is 0.880. The van der Waals surface area contributed by atoms with Crippen molar-refractivity contribution in [1.29, 1.82) is 0 Å².